The van der Waals surface area contributed by atoms with E-state index >= 15 is 0 Å². The van der Waals surface area contributed by atoms with E-state index in [1.807, 2.05) is 18.3 Å². The molecule has 4 heteroatoms. The molecule has 0 aliphatic rings. The van der Waals surface area contributed by atoms with Gasteiger partial charge < -0.3 is 5.32 Å². The lowest BCUT2D eigenvalue weighted by Gasteiger charge is -2.26. The lowest BCUT2D eigenvalue weighted by molar-refractivity contribution is 0.470. The van der Waals surface area contributed by atoms with Crippen LogP contribution in [0.5, 0.6) is 0 Å². The molecule has 2 nitrogen and oxygen atoms in total. The van der Waals surface area contributed by atoms with Crippen LogP contribution in [0.2, 0.25) is 0 Å². The highest BCUT2D eigenvalue weighted by molar-refractivity contribution is 14.1. The van der Waals surface area contributed by atoms with Crippen LogP contribution in [0.1, 0.15) is 37.1 Å². The number of likely N-dealkylation sites (N-methyl/N-ethyl adjacent to an activating group) is 1. The van der Waals surface area contributed by atoms with Crippen molar-refractivity contribution in [3.63, 3.8) is 0 Å². The summed E-state index contributed by atoms with van der Waals surface area (Å²) in [6.45, 7) is 5.29. The summed E-state index contributed by atoms with van der Waals surface area (Å²) >= 11 is 6.04. The molecule has 1 heterocycles. The standard InChI is InChI=1S/C16H18BrIN2/c1-3-19-16(11(2)15-6-4-5-9-20-15)13-10-12(18)7-8-14(13)17/h4-11,16,19H,3H2,1-2H3. The summed E-state index contributed by atoms with van der Waals surface area (Å²) in [5, 5.41) is 3.59. The molecule has 0 amide bonds. The van der Waals surface area contributed by atoms with Crippen LogP contribution in [-0.4, -0.2) is 11.5 Å². The minimum atomic E-state index is 0.249. The van der Waals surface area contributed by atoms with Gasteiger partial charge in [-0.25, -0.2) is 0 Å². The molecule has 2 unspecified atom stereocenters. The van der Waals surface area contributed by atoms with Crippen LogP contribution in [0.4, 0.5) is 0 Å². The third-order valence-corrected chi connectivity index (χ3v) is 4.76. The van der Waals surface area contributed by atoms with Gasteiger partial charge in [-0.15, -0.1) is 0 Å². The molecule has 0 radical (unpaired) electrons. The molecule has 0 aliphatic carbocycles. The summed E-state index contributed by atoms with van der Waals surface area (Å²) in [6.07, 6.45) is 1.86. The van der Waals surface area contributed by atoms with Crippen molar-refractivity contribution in [1.29, 1.82) is 0 Å². The van der Waals surface area contributed by atoms with Gasteiger partial charge in [-0.2, -0.15) is 0 Å². The number of benzene rings is 1. The number of nitrogens with zero attached hydrogens (tertiary/aromatic N) is 1. The van der Waals surface area contributed by atoms with Gasteiger partial charge in [0, 0.05) is 31.9 Å². The van der Waals surface area contributed by atoms with Gasteiger partial charge in [0.05, 0.1) is 0 Å². The first-order chi connectivity index (χ1) is 9.63. The van der Waals surface area contributed by atoms with Crippen molar-refractivity contribution in [2.45, 2.75) is 25.8 Å². The van der Waals surface area contributed by atoms with Crippen molar-refractivity contribution in [1.82, 2.24) is 10.3 Å². The van der Waals surface area contributed by atoms with Crippen LogP contribution < -0.4 is 5.32 Å². The summed E-state index contributed by atoms with van der Waals surface area (Å²) in [4.78, 5) is 4.50. The second kappa shape index (κ2) is 7.52. The molecule has 0 bridgehead atoms. The Kier molecular flexibility index (Phi) is 5.99. The molecule has 0 aliphatic heterocycles. The first-order valence-corrected chi connectivity index (χ1v) is 8.60. The SMILES string of the molecule is CCNC(c1cc(I)ccc1Br)C(C)c1ccccn1. The fourth-order valence-electron chi connectivity index (χ4n) is 2.35. The van der Waals surface area contributed by atoms with Crippen LogP contribution in [0, 0.1) is 3.57 Å². The smallest absolute Gasteiger partial charge is 0.0450 e. The molecule has 1 N–H and O–H groups in total. The summed E-state index contributed by atoms with van der Waals surface area (Å²) < 4.78 is 2.39. The maximum Gasteiger partial charge on any atom is 0.0450 e. The number of halogens is 2. The molecule has 2 rings (SSSR count). The molecular formula is C16H18BrIN2. The second-order valence-corrected chi connectivity index (χ2v) is 6.84. The predicted octanol–water partition coefficient (Wildman–Crippen LogP) is 4.90. The largest absolute Gasteiger partial charge is 0.310 e. The molecule has 2 aromatic rings. The Morgan fingerprint density at radius 3 is 2.75 bits per heavy atom. The molecule has 20 heavy (non-hydrogen) atoms. The van der Waals surface area contributed by atoms with E-state index in [9.17, 15) is 0 Å². The van der Waals surface area contributed by atoms with Gasteiger partial charge in [-0.1, -0.05) is 35.8 Å². The van der Waals surface area contributed by atoms with Crippen molar-refractivity contribution in [2.24, 2.45) is 0 Å². The molecule has 1 aromatic heterocycles. The second-order valence-electron chi connectivity index (χ2n) is 4.74. The van der Waals surface area contributed by atoms with Crippen molar-refractivity contribution in [3.8, 4) is 0 Å². The number of hydrogen-bond donors (Lipinski definition) is 1. The van der Waals surface area contributed by atoms with E-state index in [2.05, 4.69) is 86.9 Å². The van der Waals surface area contributed by atoms with E-state index in [0.29, 0.717) is 5.92 Å². The highest BCUT2D eigenvalue weighted by Gasteiger charge is 2.23. The van der Waals surface area contributed by atoms with Gasteiger partial charge in [0.25, 0.3) is 0 Å². The summed E-state index contributed by atoms with van der Waals surface area (Å²) in [5.74, 6) is 0.311. The predicted molar refractivity (Wildman–Crippen MR) is 95.9 cm³/mol. The zero-order chi connectivity index (χ0) is 14.5. The molecular weight excluding hydrogens is 427 g/mol. The molecule has 0 fully saturated rings. The van der Waals surface area contributed by atoms with Crippen molar-refractivity contribution < 1.29 is 0 Å². The topological polar surface area (TPSA) is 24.9 Å². The van der Waals surface area contributed by atoms with Crippen molar-refractivity contribution in [2.75, 3.05) is 6.54 Å². The van der Waals surface area contributed by atoms with Crippen LogP contribution in [0.25, 0.3) is 0 Å². The van der Waals surface area contributed by atoms with Gasteiger partial charge in [-0.3, -0.25) is 4.98 Å². The van der Waals surface area contributed by atoms with Crippen LogP contribution in [-0.2, 0) is 0 Å². The average Bonchev–Trinajstić information content (AvgIpc) is 2.48. The van der Waals surface area contributed by atoms with E-state index in [-0.39, 0.29) is 6.04 Å². The Labute approximate surface area is 142 Å². The Morgan fingerprint density at radius 2 is 2.10 bits per heavy atom. The summed E-state index contributed by atoms with van der Waals surface area (Å²) in [7, 11) is 0. The van der Waals surface area contributed by atoms with Crippen LogP contribution in [0.3, 0.4) is 0 Å². The molecule has 1 aromatic carbocycles. The van der Waals surface area contributed by atoms with Gasteiger partial charge >= 0.3 is 0 Å². The monoisotopic (exact) mass is 444 g/mol. The first-order valence-electron chi connectivity index (χ1n) is 6.72. The molecule has 0 saturated heterocycles. The lowest BCUT2D eigenvalue weighted by Crippen LogP contribution is -2.26. The van der Waals surface area contributed by atoms with Gasteiger partial charge in [0.2, 0.25) is 0 Å². The number of hydrogen-bond acceptors (Lipinski definition) is 2. The summed E-state index contributed by atoms with van der Waals surface area (Å²) in [5.41, 5.74) is 2.40. The Balaban J connectivity index is 2.38. The summed E-state index contributed by atoms with van der Waals surface area (Å²) in [6, 6.07) is 12.8. The van der Waals surface area contributed by atoms with Gasteiger partial charge in [-0.05, 0) is 65.0 Å². The van der Waals surface area contributed by atoms with E-state index < -0.39 is 0 Å². The van der Waals surface area contributed by atoms with E-state index in [0.717, 1.165) is 16.7 Å². The minimum Gasteiger partial charge on any atom is -0.310 e. The van der Waals surface area contributed by atoms with E-state index in [4.69, 9.17) is 0 Å². The highest BCUT2D eigenvalue weighted by atomic mass is 127. The number of aromatic nitrogens is 1. The first kappa shape index (κ1) is 15.9. The maximum atomic E-state index is 4.50. The Bertz CT molecular complexity index is 560. The molecule has 0 saturated carbocycles. The van der Waals surface area contributed by atoms with Crippen LogP contribution in [0.15, 0.2) is 47.1 Å². The molecule has 106 valence electrons. The minimum absolute atomic E-state index is 0.249. The molecule has 2 atom stereocenters. The lowest BCUT2D eigenvalue weighted by atomic mass is 9.91. The third-order valence-electron chi connectivity index (χ3n) is 3.37. The Morgan fingerprint density at radius 1 is 1.30 bits per heavy atom. The van der Waals surface area contributed by atoms with Gasteiger partial charge in [0.1, 0.15) is 0 Å². The van der Waals surface area contributed by atoms with Crippen LogP contribution >= 0.6 is 38.5 Å². The maximum absolute atomic E-state index is 4.50. The fourth-order valence-corrected chi connectivity index (χ4v) is 3.35. The normalized spacial score (nSPS) is 14.0. The molecule has 0 spiro atoms. The zero-order valence-corrected chi connectivity index (χ0v) is 15.3. The fraction of sp³-hybridized carbons (Fsp3) is 0.312. The zero-order valence-electron chi connectivity index (χ0n) is 11.6. The average molecular weight is 445 g/mol. The van der Waals surface area contributed by atoms with Crippen molar-refractivity contribution >= 4 is 38.5 Å². The number of pyridine rings is 1. The van der Waals surface area contributed by atoms with Gasteiger partial charge in [0.15, 0.2) is 0 Å². The van der Waals surface area contributed by atoms with Crippen molar-refractivity contribution in [3.05, 3.63) is 61.9 Å². The highest BCUT2D eigenvalue weighted by Crippen LogP contribution is 2.34. The van der Waals surface area contributed by atoms with E-state index in [1.165, 1.54) is 9.13 Å². The Hall–Kier alpha value is -0.460. The quantitative estimate of drug-likeness (QED) is 0.663. The van der Waals surface area contributed by atoms with E-state index in [1.54, 1.807) is 0 Å². The number of nitrogens with one attached hydrogen (secondary N) is 1. The number of rotatable bonds is 5. The third kappa shape index (κ3) is 3.80.